The highest BCUT2D eigenvalue weighted by Gasteiger charge is 2.36. The molecule has 1 aromatic heterocycles. The fourth-order valence-electron chi connectivity index (χ4n) is 2.10. The summed E-state index contributed by atoms with van der Waals surface area (Å²) in [6, 6.07) is -2.01. The summed E-state index contributed by atoms with van der Waals surface area (Å²) in [5, 5.41) is 7.50. The predicted octanol–water partition coefficient (Wildman–Crippen LogP) is 1.05. The Morgan fingerprint density at radius 2 is 1.76 bits per heavy atom. The predicted molar refractivity (Wildman–Crippen MR) is 90.3 cm³/mol. The van der Waals surface area contributed by atoms with E-state index in [0.717, 1.165) is 0 Å². The van der Waals surface area contributed by atoms with Gasteiger partial charge in [0.25, 0.3) is 5.91 Å². The lowest BCUT2D eigenvalue weighted by Gasteiger charge is -2.30. The number of rotatable bonds is 6. The van der Waals surface area contributed by atoms with E-state index in [1.165, 1.54) is 18.6 Å². The fourth-order valence-corrected chi connectivity index (χ4v) is 2.10. The second-order valence-electron chi connectivity index (χ2n) is 7.02. The van der Waals surface area contributed by atoms with Gasteiger partial charge in [-0.1, -0.05) is 34.6 Å². The van der Waals surface area contributed by atoms with Crippen molar-refractivity contribution in [1.29, 1.82) is 0 Å². The van der Waals surface area contributed by atoms with E-state index in [0.29, 0.717) is 0 Å². The van der Waals surface area contributed by atoms with Crippen molar-refractivity contribution in [2.45, 2.75) is 46.7 Å². The van der Waals surface area contributed by atoms with Crippen molar-refractivity contribution in [1.82, 2.24) is 20.6 Å². The number of amides is 3. The zero-order valence-corrected chi connectivity index (χ0v) is 14.9. The Labute approximate surface area is 146 Å². The zero-order chi connectivity index (χ0) is 19.2. The molecule has 1 rings (SSSR count). The molecule has 0 saturated carbocycles. The summed E-state index contributed by atoms with van der Waals surface area (Å²) >= 11 is 0. The minimum absolute atomic E-state index is 0.0685. The van der Waals surface area contributed by atoms with E-state index in [1.807, 2.05) is 0 Å². The molecule has 0 aromatic carbocycles. The Bertz CT molecular complexity index is 640. The average Bonchev–Trinajstić information content (AvgIpc) is 2.55. The van der Waals surface area contributed by atoms with Gasteiger partial charge in [-0.2, -0.15) is 0 Å². The number of hydrogen-bond donors (Lipinski definition) is 2. The molecule has 0 aliphatic carbocycles. The summed E-state index contributed by atoms with van der Waals surface area (Å²) in [5.41, 5.74) is -0.643. The summed E-state index contributed by atoms with van der Waals surface area (Å²) in [4.78, 5) is 54.8. The first-order valence-electron chi connectivity index (χ1n) is 7.82. The average molecular weight is 349 g/mol. The molecule has 0 aliphatic rings. The first kappa shape index (κ1) is 20.3. The van der Waals surface area contributed by atoms with Crippen molar-refractivity contribution in [3.63, 3.8) is 0 Å². The third-order valence-electron chi connectivity index (χ3n) is 3.52. The van der Waals surface area contributed by atoms with Gasteiger partial charge in [-0.3, -0.25) is 19.4 Å². The Hall–Kier alpha value is -2.71. The van der Waals surface area contributed by atoms with Gasteiger partial charge in [0.2, 0.25) is 5.91 Å². The molecule has 9 heteroatoms. The van der Waals surface area contributed by atoms with E-state index in [-0.39, 0.29) is 11.6 Å². The van der Waals surface area contributed by atoms with Crippen LogP contribution in [0, 0.1) is 16.2 Å². The van der Waals surface area contributed by atoms with Gasteiger partial charge in [-0.25, -0.2) is 4.98 Å². The van der Waals surface area contributed by atoms with E-state index < -0.39 is 35.2 Å². The molecule has 0 aliphatic heterocycles. The number of nitrogens with one attached hydrogen (secondary N) is 2. The molecule has 2 N–H and O–H groups in total. The van der Waals surface area contributed by atoms with E-state index >= 15 is 0 Å². The van der Waals surface area contributed by atoms with Crippen LogP contribution in [0.2, 0.25) is 0 Å². The molecule has 1 aromatic rings. The molecule has 25 heavy (non-hydrogen) atoms. The van der Waals surface area contributed by atoms with E-state index in [9.17, 15) is 19.3 Å². The molecule has 3 amide bonds. The number of hydrogen-bond acceptors (Lipinski definition) is 6. The van der Waals surface area contributed by atoms with Crippen molar-refractivity contribution >= 4 is 17.7 Å². The third kappa shape index (κ3) is 5.70. The van der Waals surface area contributed by atoms with Crippen molar-refractivity contribution in [2.75, 3.05) is 0 Å². The van der Waals surface area contributed by atoms with Gasteiger partial charge in [-0.05, 0) is 11.3 Å². The lowest BCUT2D eigenvalue weighted by molar-refractivity contribution is -0.131. The highest BCUT2D eigenvalue weighted by molar-refractivity contribution is 5.97. The standard InChI is InChI=1S/C16H23N5O4/c1-9(2)11(19-13(22)10-8-17-6-7-18-10)14(23)20-12(15(24)21-25)16(3,4)5/h6-9,11-12H,1-5H3,(H,19,22)(H,20,23)/t11-,12?/m0/s1. The van der Waals surface area contributed by atoms with Crippen molar-refractivity contribution < 1.29 is 14.4 Å². The number of nitrogens with zero attached hydrogens (tertiary/aromatic N) is 3. The molecule has 1 heterocycles. The maximum absolute atomic E-state index is 12.6. The highest BCUT2D eigenvalue weighted by Crippen LogP contribution is 2.21. The summed E-state index contributed by atoms with van der Waals surface area (Å²) in [6.45, 7) is 8.58. The molecule has 0 fully saturated rings. The van der Waals surface area contributed by atoms with Crippen LogP contribution < -0.4 is 10.6 Å². The summed E-state index contributed by atoms with van der Waals surface area (Å²) in [6.07, 6.45) is 4.07. The van der Waals surface area contributed by atoms with Gasteiger partial charge in [0, 0.05) is 17.6 Å². The van der Waals surface area contributed by atoms with Crippen LogP contribution in [-0.4, -0.2) is 39.8 Å². The summed E-state index contributed by atoms with van der Waals surface area (Å²) < 4.78 is 0. The lowest BCUT2D eigenvalue weighted by Crippen LogP contribution is -2.56. The topological polar surface area (TPSA) is 130 Å². The molecular formula is C16H23N5O4. The molecule has 0 bridgehead atoms. The molecular weight excluding hydrogens is 326 g/mol. The Morgan fingerprint density at radius 3 is 2.20 bits per heavy atom. The minimum Gasteiger partial charge on any atom is -0.342 e. The summed E-state index contributed by atoms with van der Waals surface area (Å²) in [7, 11) is 0. The first-order chi connectivity index (χ1) is 11.6. The molecule has 0 saturated heterocycles. The number of carbonyl (C=O) groups is 3. The Morgan fingerprint density at radius 1 is 1.12 bits per heavy atom. The normalized spacial score (nSPS) is 13.7. The van der Waals surface area contributed by atoms with Crippen molar-refractivity contribution in [3.8, 4) is 0 Å². The Kier molecular flexibility index (Phi) is 6.84. The van der Waals surface area contributed by atoms with Crippen LogP contribution >= 0.6 is 0 Å². The molecule has 9 nitrogen and oxygen atoms in total. The zero-order valence-electron chi connectivity index (χ0n) is 14.9. The SMILES string of the molecule is CC(C)[C@H](NC(=O)c1cnccn1)C(=O)NC(C(=O)N=O)C(C)(C)C. The van der Waals surface area contributed by atoms with Crippen LogP contribution in [-0.2, 0) is 9.59 Å². The maximum Gasteiger partial charge on any atom is 0.308 e. The van der Waals surface area contributed by atoms with Gasteiger partial charge in [0.15, 0.2) is 0 Å². The maximum atomic E-state index is 12.6. The molecule has 136 valence electrons. The Balaban J connectivity index is 2.94. The second kappa shape index (κ2) is 8.41. The van der Waals surface area contributed by atoms with Gasteiger partial charge >= 0.3 is 5.91 Å². The van der Waals surface area contributed by atoms with Crippen molar-refractivity contribution in [3.05, 3.63) is 29.2 Å². The fraction of sp³-hybridized carbons (Fsp3) is 0.562. The minimum atomic E-state index is -1.09. The van der Waals surface area contributed by atoms with E-state index in [2.05, 4.69) is 25.8 Å². The van der Waals surface area contributed by atoms with E-state index in [1.54, 1.807) is 34.6 Å². The molecule has 1 unspecified atom stereocenters. The van der Waals surface area contributed by atoms with Gasteiger partial charge in [0.05, 0.1) is 6.20 Å². The molecule has 0 spiro atoms. The monoisotopic (exact) mass is 349 g/mol. The summed E-state index contributed by atoms with van der Waals surface area (Å²) in [5.74, 6) is -2.37. The first-order valence-corrected chi connectivity index (χ1v) is 7.82. The van der Waals surface area contributed by atoms with Gasteiger partial charge in [-0.15, -0.1) is 4.91 Å². The van der Waals surface area contributed by atoms with Crippen LogP contribution in [0.4, 0.5) is 0 Å². The largest absolute Gasteiger partial charge is 0.342 e. The van der Waals surface area contributed by atoms with Crippen LogP contribution in [0.3, 0.4) is 0 Å². The van der Waals surface area contributed by atoms with Gasteiger partial charge < -0.3 is 10.6 Å². The van der Waals surface area contributed by atoms with Crippen LogP contribution in [0.15, 0.2) is 23.8 Å². The van der Waals surface area contributed by atoms with Crippen LogP contribution in [0.1, 0.15) is 45.1 Å². The second-order valence-corrected chi connectivity index (χ2v) is 7.02. The van der Waals surface area contributed by atoms with Crippen LogP contribution in [0.25, 0.3) is 0 Å². The van der Waals surface area contributed by atoms with Crippen LogP contribution in [0.5, 0.6) is 0 Å². The molecule has 2 atom stereocenters. The van der Waals surface area contributed by atoms with Crippen molar-refractivity contribution in [2.24, 2.45) is 16.5 Å². The van der Waals surface area contributed by atoms with Gasteiger partial charge in [0.1, 0.15) is 17.8 Å². The lowest BCUT2D eigenvalue weighted by atomic mass is 9.86. The number of carbonyl (C=O) groups excluding carboxylic acids is 3. The quantitative estimate of drug-likeness (QED) is 0.738. The smallest absolute Gasteiger partial charge is 0.308 e. The third-order valence-corrected chi connectivity index (χ3v) is 3.52. The highest BCUT2D eigenvalue weighted by atomic mass is 16.3. The number of aromatic nitrogens is 2. The number of nitroso groups, excluding NO2 is 1. The van der Waals surface area contributed by atoms with E-state index in [4.69, 9.17) is 0 Å². The molecule has 0 radical (unpaired) electrons.